The van der Waals surface area contributed by atoms with Gasteiger partial charge in [-0.3, -0.25) is 9.20 Å². The molecule has 1 heterocycles. The van der Waals surface area contributed by atoms with Gasteiger partial charge in [0.2, 0.25) is 0 Å². The average molecular weight is 471 g/mol. The van der Waals surface area contributed by atoms with Crippen molar-refractivity contribution >= 4 is 40.7 Å². The van der Waals surface area contributed by atoms with Crippen molar-refractivity contribution in [1.29, 1.82) is 0 Å². The number of ether oxygens (including phenoxy) is 1. The molecule has 0 aromatic carbocycles. The lowest BCUT2D eigenvalue weighted by atomic mass is 9.95. The number of nitrogens with one attached hydrogen (secondary N) is 2. The Bertz CT molecular complexity index is 403. The summed E-state index contributed by atoms with van der Waals surface area (Å²) in [4.78, 5) is 4.70. The van der Waals surface area contributed by atoms with Crippen molar-refractivity contribution in [1.82, 2.24) is 10.6 Å². The lowest BCUT2D eigenvalue weighted by Crippen LogP contribution is -2.46. The summed E-state index contributed by atoms with van der Waals surface area (Å²) < 4.78 is 17.7. The summed E-state index contributed by atoms with van der Waals surface area (Å²) >= 11 is 0. The van der Waals surface area contributed by atoms with Crippen molar-refractivity contribution in [2.75, 3.05) is 25.4 Å². The average Bonchev–Trinajstić information content (AvgIpc) is 3.08. The van der Waals surface area contributed by atoms with Gasteiger partial charge in [0.1, 0.15) is 0 Å². The number of halogens is 1. The number of rotatable bonds is 7. The zero-order valence-corrected chi connectivity index (χ0v) is 18.2. The molecule has 24 heavy (non-hydrogen) atoms. The van der Waals surface area contributed by atoms with Crippen molar-refractivity contribution in [3.63, 3.8) is 0 Å². The van der Waals surface area contributed by atoms with Crippen LogP contribution in [0.2, 0.25) is 0 Å². The molecule has 2 N–H and O–H groups in total. The molecule has 0 aromatic heterocycles. The summed E-state index contributed by atoms with van der Waals surface area (Å²) in [6.45, 7) is 6.68. The quantitative estimate of drug-likeness (QED) is 0.341. The fourth-order valence-electron chi connectivity index (χ4n) is 3.46. The van der Waals surface area contributed by atoms with Crippen molar-refractivity contribution in [3.8, 4) is 0 Å². The van der Waals surface area contributed by atoms with Crippen molar-refractivity contribution in [2.24, 2.45) is 4.99 Å². The van der Waals surface area contributed by atoms with Crippen LogP contribution in [0.3, 0.4) is 0 Å². The van der Waals surface area contributed by atoms with Crippen molar-refractivity contribution < 1.29 is 8.95 Å². The van der Waals surface area contributed by atoms with E-state index in [2.05, 4.69) is 17.6 Å². The molecule has 0 aromatic rings. The highest BCUT2D eigenvalue weighted by atomic mass is 127. The van der Waals surface area contributed by atoms with E-state index >= 15 is 0 Å². The molecule has 4 atom stereocenters. The first-order valence-electron chi connectivity index (χ1n) is 9.26. The second kappa shape index (κ2) is 12.5. The molecule has 0 bridgehead atoms. The van der Waals surface area contributed by atoms with E-state index in [1.807, 2.05) is 6.92 Å². The summed E-state index contributed by atoms with van der Waals surface area (Å²) in [7, 11) is -0.677. The van der Waals surface area contributed by atoms with Crippen LogP contribution in [-0.4, -0.2) is 53.0 Å². The number of hydrogen-bond acceptors (Lipinski definition) is 3. The Morgan fingerprint density at radius 2 is 2.08 bits per heavy atom. The third-order valence-electron chi connectivity index (χ3n) is 4.71. The normalized spacial score (nSPS) is 28.9. The minimum Gasteiger partial charge on any atom is -0.378 e. The smallest absolute Gasteiger partial charge is 0.191 e. The zero-order chi connectivity index (χ0) is 16.5. The highest BCUT2D eigenvalue weighted by Gasteiger charge is 2.26. The summed E-state index contributed by atoms with van der Waals surface area (Å²) in [5.41, 5.74) is 0. The molecule has 2 aliphatic rings. The van der Waals surface area contributed by atoms with E-state index in [1.54, 1.807) is 0 Å². The van der Waals surface area contributed by atoms with Gasteiger partial charge in [0.05, 0.1) is 6.10 Å². The Balaban J connectivity index is 0.00000288. The number of nitrogens with zero attached hydrogens (tertiary/aromatic N) is 1. The number of guanidine groups is 1. The standard InChI is InChI=1S/C17H33N3O2S.HI/c1-3-18-17(19-11-10-15-8-6-12-22-15)20-14-7-5-9-16(13-14)23(21)4-2;/h14-16H,3-13H2,1-2H3,(H2,18,19,20);1H. The van der Waals surface area contributed by atoms with Gasteiger partial charge in [-0.2, -0.15) is 0 Å². The molecule has 7 heteroatoms. The van der Waals surface area contributed by atoms with E-state index in [0.717, 1.165) is 63.5 Å². The molecule has 1 aliphatic carbocycles. The van der Waals surface area contributed by atoms with E-state index in [4.69, 9.17) is 9.73 Å². The molecule has 0 spiro atoms. The summed E-state index contributed by atoms with van der Waals surface area (Å²) in [6.07, 6.45) is 8.16. The Kier molecular flexibility index (Phi) is 11.5. The molecule has 0 radical (unpaired) electrons. The van der Waals surface area contributed by atoms with Gasteiger partial charge >= 0.3 is 0 Å². The Morgan fingerprint density at radius 3 is 2.75 bits per heavy atom. The third kappa shape index (κ3) is 7.56. The maximum atomic E-state index is 12.1. The first-order chi connectivity index (χ1) is 11.2. The first-order valence-corrected chi connectivity index (χ1v) is 10.6. The predicted octanol–water partition coefficient (Wildman–Crippen LogP) is 2.81. The third-order valence-corrected chi connectivity index (χ3v) is 6.45. The topological polar surface area (TPSA) is 62.7 Å². The minimum atomic E-state index is -0.677. The lowest BCUT2D eigenvalue weighted by molar-refractivity contribution is 0.106. The summed E-state index contributed by atoms with van der Waals surface area (Å²) in [6, 6.07) is 0.393. The highest BCUT2D eigenvalue weighted by molar-refractivity contribution is 14.0. The van der Waals surface area contributed by atoms with Gasteiger partial charge in [-0.1, -0.05) is 13.3 Å². The van der Waals surface area contributed by atoms with Gasteiger partial charge in [0.25, 0.3) is 0 Å². The fourth-order valence-corrected chi connectivity index (χ4v) is 4.80. The number of aliphatic imine (C=N–C) groups is 1. The molecule has 142 valence electrons. The highest BCUT2D eigenvalue weighted by Crippen LogP contribution is 2.23. The van der Waals surface area contributed by atoms with Gasteiger partial charge in [-0.05, 0) is 45.4 Å². The Labute approximate surface area is 166 Å². The molecule has 1 saturated carbocycles. The van der Waals surface area contributed by atoms with Crippen LogP contribution in [0.4, 0.5) is 0 Å². The Morgan fingerprint density at radius 1 is 1.25 bits per heavy atom. The van der Waals surface area contributed by atoms with Crippen LogP contribution < -0.4 is 10.6 Å². The summed E-state index contributed by atoms with van der Waals surface area (Å²) in [5, 5.41) is 7.24. The largest absolute Gasteiger partial charge is 0.378 e. The molecular weight excluding hydrogens is 437 g/mol. The molecule has 2 fully saturated rings. The van der Waals surface area contributed by atoms with Crippen LogP contribution >= 0.6 is 24.0 Å². The molecular formula is C17H34IN3O2S. The van der Waals surface area contributed by atoms with E-state index in [1.165, 1.54) is 12.8 Å². The molecule has 5 nitrogen and oxygen atoms in total. The van der Waals surface area contributed by atoms with E-state index < -0.39 is 10.8 Å². The first kappa shape index (κ1) is 22.2. The van der Waals surface area contributed by atoms with Crippen LogP contribution in [-0.2, 0) is 15.5 Å². The number of hydrogen-bond donors (Lipinski definition) is 2. The molecule has 4 unspecified atom stereocenters. The van der Waals surface area contributed by atoms with Crippen LogP contribution in [0.15, 0.2) is 4.99 Å². The van der Waals surface area contributed by atoms with Gasteiger partial charge in [-0.15, -0.1) is 24.0 Å². The molecule has 0 amide bonds. The predicted molar refractivity (Wildman–Crippen MR) is 113 cm³/mol. The maximum absolute atomic E-state index is 12.1. The van der Waals surface area contributed by atoms with Crippen LogP contribution in [0, 0.1) is 0 Å². The lowest BCUT2D eigenvalue weighted by Gasteiger charge is -2.30. The van der Waals surface area contributed by atoms with Gasteiger partial charge in [-0.25, -0.2) is 0 Å². The van der Waals surface area contributed by atoms with E-state index in [0.29, 0.717) is 17.4 Å². The SMILES string of the molecule is CCNC(=NCCC1CCCO1)NC1CCCC(S(=O)CC)C1.I. The fraction of sp³-hybridized carbons (Fsp3) is 0.941. The van der Waals surface area contributed by atoms with Gasteiger partial charge in [0.15, 0.2) is 5.96 Å². The van der Waals surface area contributed by atoms with Crippen LogP contribution in [0.5, 0.6) is 0 Å². The minimum absolute atomic E-state index is 0. The van der Waals surface area contributed by atoms with Crippen LogP contribution in [0.25, 0.3) is 0 Å². The molecule has 1 saturated heterocycles. The van der Waals surface area contributed by atoms with Gasteiger partial charge < -0.3 is 15.4 Å². The Hall–Kier alpha value is 0.110. The summed E-state index contributed by atoms with van der Waals surface area (Å²) in [5.74, 6) is 1.67. The maximum Gasteiger partial charge on any atom is 0.191 e. The zero-order valence-electron chi connectivity index (χ0n) is 15.1. The van der Waals surface area contributed by atoms with Crippen molar-refractivity contribution in [2.45, 2.75) is 76.2 Å². The van der Waals surface area contributed by atoms with E-state index in [9.17, 15) is 4.21 Å². The molecule has 2 rings (SSSR count). The second-order valence-electron chi connectivity index (χ2n) is 6.48. The molecule has 1 aliphatic heterocycles. The van der Waals surface area contributed by atoms with Gasteiger partial charge in [0, 0.05) is 47.5 Å². The second-order valence-corrected chi connectivity index (χ2v) is 8.49. The van der Waals surface area contributed by atoms with Crippen LogP contribution in [0.1, 0.15) is 58.8 Å². The monoisotopic (exact) mass is 471 g/mol. The van der Waals surface area contributed by atoms with Crippen molar-refractivity contribution in [3.05, 3.63) is 0 Å². The van der Waals surface area contributed by atoms with E-state index in [-0.39, 0.29) is 24.0 Å².